The predicted molar refractivity (Wildman–Crippen MR) is 103 cm³/mol. The van der Waals surface area contributed by atoms with Gasteiger partial charge in [0.2, 0.25) is 5.91 Å². The van der Waals surface area contributed by atoms with Gasteiger partial charge in [0, 0.05) is 5.69 Å². The maximum absolute atomic E-state index is 12.2. The highest BCUT2D eigenvalue weighted by molar-refractivity contribution is 5.95. The molecule has 3 rings (SSSR count). The SMILES string of the molecule is Cc1cccc(NC(=O)CNC(=O)N[C@H](c2ccccc2)C2CC2)c1C. The lowest BCUT2D eigenvalue weighted by Crippen LogP contribution is -2.42. The van der Waals surface area contributed by atoms with Crippen molar-refractivity contribution < 1.29 is 9.59 Å². The summed E-state index contributed by atoms with van der Waals surface area (Å²) in [5.41, 5.74) is 4.02. The summed E-state index contributed by atoms with van der Waals surface area (Å²) in [6.45, 7) is 3.90. The standard InChI is InChI=1S/C21H25N3O2/c1-14-7-6-10-18(15(14)2)23-19(25)13-22-21(26)24-20(17-11-12-17)16-8-4-3-5-9-16/h3-10,17,20H,11-13H2,1-2H3,(H,23,25)(H2,22,24,26)/t20-/m1/s1. The van der Waals surface area contributed by atoms with Crippen LogP contribution >= 0.6 is 0 Å². The van der Waals surface area contributed by atoms with Gasteiger partial charge in [-0.2, -0.15) is 0 Å². The number of amides is 3. The minimum absolute atomic E-state index is 0.00159. The van der Waals surface area contributed by atoms with E-state index in [1.807, 2.05) is 62.4 Å². The molecule has 0 heterocycles. The number of carbonyl (C=O) groups is 2. The predicted octanol–water partition coefficient (Wildman–Crippen LogP) is 3.69. The number of nitrogens with one attached hydrogen (secondary N) is 3. The number of hydrogen-bond donors (Lipinski definition) is 3. The summed E-state index contributed by atoms with van der Waals surface area (Å²) in [4.78, 5) is 24.4. The van der Waals surface area contributed by atoms with Crippen molar-refractivity contribution in [3.63, 3.8) is 0 Å². The number of rotatable bonds is 6. The number of anilines is 1. The zero-order valence-corrected chi connectivity index (χ0v) is 15.2. The molecule has 0 unspecified atom stereocenters. The molecular weight excluding hydrogens is 326 g/mol. The summed E-state index contributed by atoms with van der Waals surface area (Å²) >= 11 is 0. The first-order valence-electron chi connectivity index (χ1n) is 9.00. The van der Waals surface area contributed by atoms with Crippen LogP contribution in [0.3, 0.4) is 0 Å². The van der Waals surface area contributed by atoms with Gasteiger partial charge < -0.3 is 16.0 Å². The van der Waals surface area contributed by atoms with Crippen molar-refractivity contribution in [2.24, 2.45) is 5.92 Å². The average molecular weight is 351 g/mol. The van der Waals surface area contributed by atoms with Gasteiger partial charge in [-0.3, -0.25) is 4.79 Å². The van der Waals surface area contributed by atoms with Crippen molar-refractivity contribution in [1.29, 1.82) is 0 Å². The smallest absolute Gasteiger partial charge is 0.315 e. The van der Waals surface area contributed by atoms with Crippen molar-refractivity contribution in [1.82, 2.24) is 10.6 Å². The van der Waals surface area contributed by atoms with Crippen LogP contribution in [0.2, 0.25) is 0 Å². The fraction of sp³-hybridized carbons (Fsp3) is 0.333. The van der Waals surface area contributed by atoms with Gasteiger partial charge in [0.15, 0.2) is 0 Å². The summed E-state index contributed by atoms with van der Waals surface area (Å²) in [6.07, 6.45) is 2.24. The van der Waals surface area contributed by atoms with E-state index in [4.69, 9.17) is 0 Å². The second-order valence-corrected chi connectivity index (χ2v) is 6.85. The molecule has 0 spiro atoms. The van der Waals surface area contributed by atoms with Gasteiger partial charge in [0.05, 0.1) is 12.6 Å². The number of carbonyl (C=O) groups excluding carboxylic acids is 2. The fourth-order valence-corrected chi connectivity index (χ4v) is 3.00. The van der Waals surface area contributed by atoms with E-state index in [1.54, 1.807) is 0 Å². The molecule has 1 atom stereocenters. The molecule has 2 aromatic carbocycles. The molecule has 1 aliphatic carbocycles. The lowest BCUT2D eigenvalue weighted by atomic mass is 10.0. The Morgan fingerprint density at radius 1 is 1.04 bits per heavy atom. The number of benzene rings is 2. The summed E-state index contributed by atoms with van der Waals surface area (Å²) < 4.78 is 0. The molecule has 3 amide bonds. The van der Waals surface area contributed by atoms with Crippen LogP contribution in [0.1, 0.15) is 35.6 Å². The highest BCUT2D eigenvalue weighted by atomic mass is 16.2. The first kappa shape index (κ1) is 18.0. The second kappa shape index (κ2) is 8.04. The summed E-state index contributed by atoms with van der Waals surface area (Å²) in [7, 11) is 0. The topological polar surface area (TPSA) is 70.2 Å². The van der Waals surface area contributed by atoms with E-state index in [0.29, 0.717) is 5.92 Å². The molecule has 0 aliphatic heterocycles. The lowest BCUT2D eigenvalue weighted by molar-refractivity contribution is -0.115. The van der Waals surface area contributed by atoms with E-state index in [0.717, 1.165) is 35.2 Å². The molecular formula is C21H25N3O2. The average Bonchev–Trinajstić information content (AvgIpc) is 3.47. The van der Waals surface area contributed by atoms with Crippen LogP contribution in [0.25, 0.3) is 0 Å². The second-order valence-electron chi connectivity index (χ2n) is 6.85. The summed E-state index contributed by atoms with van der Waals surface area (Å²) in [5, 5.41) is 8.51. The van der Waals surface area contributed by atoms with Gasteiger partial charge in [-0.15, -0.1) is 0 Å². The van der Waals surface area contributed by atoms with Crippen LogP contribution in [0.5, 0.6) is 0 Å². The van der Waals surface area contributed by atoms with Crippen LogP contribution < -0.4 is 16.0 Å². The third kappa shape index (κ3) is 4.63. The molecule has 1 fully saturated rings. The minimum Gasteiger partial charge on any atom is -0.331 e. The van der Waals surface area contributed by atoms with Gasteiger partial charge in [-0.1, -0.05) is 42.5 Å². The van der Waals surface area contributed by atoms with Crippen molar-refractivity contribution in [2.45, 2.75) is 32.7 Å². The number of aryl methyl sites for hydroxylation is 1. The first-order chi connectivity index (χ1) is 12.5. The summed E-state index contributed by atoms with van der Waals surface area (Å²) in [6, 6.07) is 15.4. The Hall–Kier alpha value is -2.82. The summed E-state index contributed by atoms with van der Waals surface area (Å²) in [5.74, 6) is 0.239. The van der Waals surface area contributed by atoms with Gasteiger partial charge in [0.1, 0.15) is 0 Å². The van der Waals surface area contributed by atoms with Crippen molar-refractivity contribution in [3.8, 4) is 0 Å². The monoisotopic (exact) mass is 351 g/mol. The van der Waals surface area contributed by atoms with Crippen LogP contribution in [-0.2, 0) is 4.79 Å². The normalized spacial score (nSPS) is 14.4. The highest BCUT2D eigenvalue weighted by Crippen LogP contribution is 2.40. The van der Waals surface area contributed by atoms with E-state index in [2.05, 4.69) is 16.0 Å². The molecule has 2 aromatic rings. The molecule has 0 saturated heterocycles. The molecule has 0 bridgehead atoms. The quantitative estimate of drug-likeness (QED) is 0.743. The molecule has 5 nitrogen and oxygen atoms in total. The van der Waals surface area contributed by atoms with Crippen molar-refractivity contribution in [3.05, 3.63) is 65.2 Å². The van der Waals surface area contributed by atoms with Gasteiger partial charge in [-0.25, -0.2) is 4.79 Å². The van der Waals surface area contributed by atoms with Crippen molar-refractivity contribution in [2.75, 3.05) is 11.9 Å². The van der Waals surface area contributed by atoms with Gasteiger partial charge >= 0.3 is 6.03 Å². The fourth-order valence-electron chi connectivity index (χ4n) is 3.00. The Morgan fingerprint density at radius 3 is 2.46 bits per heavy atom. The minimum atomic E-state index is -0.318. The zero-order chi connectivity index (χ0) is 18.5. The largest absolute Gasteiger partial charge is 0.331 e. The highest BCUT2D eigenvalue weighted by Gasteiger charge is 2.33. The molecule has 0 aromatic heterocycles. The molecule has 1 aliphatic rings. The molecule has 136 valence electrons. The number of urea groups is 1. The third-order valence-corrected chi connectivity index (χ3v) is 4.83. The number of hydrogen-bond acceptors (Lipinski definition) is 2. The van der Waals surface area contributed by atoms with E-state index >= 15 is 0 Å². The van der Waals surface area contributed by atoms with Crippen LogP contribution in [-0.4, -0.2) is 18.5 Å². The zero-order valence-electron chi connectivity index (χ0n) is 15.2. The van der Waals surface area contributed by atoms with Gasteiger partial charge in [-0.05, 0) is 55.4 Å². The van der Waals surface area contributed by atoms with E-state index in [1.165, 1.54) is 0 Å². The Kier molecular flexibility index (Phi) is 5.56. The molecule has 26 heavy (non-hydrogen) atoms. The maximum atomic E-state index is 12.2. The van der Waals surface area contributed by atoms with Crippen molar-refractivity contribution >= 4 is 17.6 Å². The molecule has 3 N–H and O–H groups in total. The van der Waals surface area contributed by atoms with E-state index in [9.17, 15) is 9.59 Å². The Morgan fingerprint density at radius 2 is 1.77 bits per heavy atom. The Balaban J connectivity index is 1.51. The Bertz CT molecular complexity index is 785. The van der Waals surface area contributed by atoms with Gasteiger partial charge in [0.25, 0.3) is 0 Å². The molecule has 5 heteroatoms. The third-order valence-electron chi connectivity index (χ3n) is 4.83. The van der Waals surface area contributed by atoms with E-state index < -0.39 is 0 Å². The molecule has 1 saturated carbocycles. The molecule has 0 radical (unpaired) electrons. The first-order valence-corrected chi connectivity index (χ1v) is 9.00. The Labute approximate surface area is 154 Å². The van der Waals surface area contributed by atoms with Crippen LogP contribution in [0.4, 0.5) is 10.5 Å². The van der Waals surface area contributed by atoms with Crippen LogP contribution in [0.15, 0.2) is 48.5 Å². The lowest BCUT2D eigenvalue weighted by Gasteiger charge is -2.19. The van der Waals surface area contributed by atoms with Crippen LogP contribution in [0, 0.1) is 19.8 Å². The maximum Gasteiger partial charge on any atom is 0.315 e. The van der Waals surface area contributed by atoms with E-state index in [-0.39, 0.29) is 24.5 Å².